The summed E-state index contributed by atoms with van der Waals surface area (Å²) in [5, 5.41) is 0. The summed E-state index contributed by atoms with van der Waals surface area (Å²) in [5.74, 6) is 1.87. The summed E-state index contributed by atoms with van der Waals surface area (Å²) in [6.07, 6.45) is 4.13. The highest BCUT2D eigenvalue weighted by atomic mass is 14.8. The molecule has 2 aromatic heterocycles. The minimum absolute atomic E-state index is 0.0915. The zero-order valence-electron chi connectivity index (χ0n) is 19.4. The number of aryl methyl sites for hydroxylation is 2. The van der Waals surface area contributed by atoms with Gasteiger partial charge in [-0.1, -0.05) is 55.4 Å². The number of nitrogens with zero attached hydrogens (tertiary/aromatic N) is 2. The molecule has 28 heavy (non-hydrogen) atoms. The minimum Gasteiger partial charge on any atom is -0.384 e. The normalized spacial score (nSPS) is 13.4. The van der Waals surface area contributed by atoms with E-state index in [9.17, 15) is 0 Å². The summed E-state index contributed by atoms with van der Waals surface area (Å²) in [7, 11) is 0. The maximum absolute atomic E-state index is 6.03. The molecule has 1 unspecified atom stereocenters. The van der Waals surface area contributed by atoms with Gasteiger partial charge in [-0.25, -0.2) is 4.98 Å². The lowest BCUT2D eigenvalue weighted by Gasteiger charge is -2.28. The number of rotatable bonds is 6. The predicted molar refractivity (Wildman–Crippen MR) is 121 cm³/mol. The average Bonchev–Trinajstić information content (AvgIpc) is 2.57. The Kier molecular flexibility index (Phi) is 6.90. The summed E-state index contributed by atoms with van der Waals surface area (Å²) in [6, 6.07) is 4.23. The van der Waals surface area contributed by atoms with E-state index >= 15 is 0 Å². The topological polar surface area (TPSA) is 51.8 Å². The van der Waals surface area contributed by atoms with Crippen molar-refractivity contribution in [3.8, 4) is 0 Å². The second-order valence-corrected chi connectivity index (χ2v) is 9.89. The number of nitrogen functional groups attached to an aromatic ring is 1. The van der Waals surface area contributed by atoms with Crippen LogP contribution in [0.1, 0.15) is 113 Å². The lowest BCUT2D eigenvalue weighted by Crippen LogP contribution is -2.19. The van der Waals surface area contributed by atoms with Gasteiger partial charge in [0.1, 0.15) is 5.82 Å². The van der Waals surface area contributed by atoms with Crippen molar-refractivity contribution in [1.82, 2.24) is 9.97 Å². The highest BCUT2D eigenvalue weighted by Gasteiger charge is 2.25. The first kappa shape index (κ1) is 22.4. The fraction of sp³-hybridized carbons (Fsp3) is 0.600. The molecule has 2 rings (SSSR count). The molecule has 0 fully saturated rings. The van der Waals surface area contributed by atoms with E-state index in [0.29, 0.717) is 23.6 Å². The quantitative estimate of drug-likeness (QED) is 0.609. The third kappa shape index (κ3) is 4.92. The number of anilines is 1. The van der Waals surface area contributed by atoms with Crippen molar-refractivity contribution < 1.29 is 0 Å². The molecule has 0 aliphatic heterocycles. The van der Waals surface area contributed by atoms with Gasteiger partial charge < -0.3 is 5.73 Å². The molecule has 0 aromatic carbocycles. The highest BCUT2D eigenvalue weighted by Crippen LogP contribution is 2.35. The van der Waals surface area contributed by atoms with Crippen LogP contribution in [0.5, 0.6) is 0 Å². The first-order chi connectivity index (χ1) is 12.9. The number of hydrogen-bond acceptors (Lipinski definition) is 3. The summed E-state index contributed by atoms with van der Waals surface area (Å²) in [4.78, 5) is 9.40. The lowest BCUT2D eigenvalue weighted by atomic mass is 9.78. The maximum atomic E-state index is 6.03. The van der Waals surface area contributed by atoms with E-state index < -0.39 is 0 Å². The van der Waals surface area contributed by atoms with E-state index in [0.717, 1.165) is 18.5 Å². The molecule has 2 heterocycles. The SMILES string of the molecule is Cc1cc(N)nc(C(C)C)c1C(C)CCc1ccnc(C(C)C)c1C(C)(C)C. The van der Waals surface area contributed by atoms with Gasteiger partial charge >= 0.3 is 0 Å². The van der Waals surface area contributed by atoms with E-state index in [2.05, 4.69) is 73.4 Å². The van der Waals surface area contributed by atoms with Crippen LogP contribution in [0.15, 0.2) is 18.3 Å². The molecule has 0 amide bonds. The van der Waals surface area contributed by atoms with Gasteiger partial charge in [0.25, 0.3) is 0 Å². The Morgan fingerprint density at radius 2 is 1.61 bits per heavy atom. The molecule has 1 atom stereocenters. The van der Waals surface area contributed by atoms with E-state index in [1.165, 1.54) is 27.9 Å². The predicted octanol–water partition coefficient (Wildman–Crippen LogP) is 6.65. The zero-order chi connectivity index (χ0) is 21.2. The second-order valence-electron chi connectivity index (χ2n) is 9.89. The molecular formula is C25H39N3. The third-order valence-corrected chi connectivity index (χ3v) is 5.56. The molecule has 0 radical (unpaired) electrons. The summed E-state index contributed by atoms with van der Waals surface area (Å²) < 4.78 is 0. The number of aromatic nitrogens is 2. The van der Waals surface area contributed by atoms with Gasteiger partial charge in [0.2, 0.25) is 0 Å². The van der Waals surface area contributed by atoms with E-state index in [4.69, 9.17) is 10.7 Å². The molecule has 154 valence electrons. The Bertz CT molecular complexity index is 813. The standard InChI is InChI=1S/C25H39N3/c1-15(2)23-21(18(6)14-20(26)28-23)17(5)10-11-19-12-13-27-24(16(3)4)22(19)25(7,8)9/h12-17H,10-11H2,1-9H3,(H2,26,28). The van der Waals surface area contributed by atoms with Gasteiger partial charge in [-0.05, 0) is 77.3 Å². The van der Waals surface area contributed by atoms with E-state index in [1.807, 2.05) is 12.3 Å². The van der Waals surface area contributed by atoms with Crippen LogP contribution in [0.2, 0.25) is 0 Å². The fourth-order valence-electron chi connectivity index (χ4n) is 4.36. The molecule has 3 heteroatoms. The zero-order valence-corrected chi connectivity index (χ0v) is 19.4. The summed E-state index contributed by atoms with van der Waals surface area (Å²) in [5.41, 5.74) is 14.0. The monoisotopic (exact) mass is 381 g/mol. The molecule has 0 saturated carbocycles. The van der Waals surface area contributed by atoms with Gasteiger partial charge in [0, 0.05) is 17.6 Å². The Morgan fingerprint density at radius 3 is 2.14 bits per heavy atom. The number of pyridine rings is 2. The van der Waals surface area contributed by atoms with Crippen LogP contribution in [0.25, 0.3) is 0 Å². The summed E-state index contributed by atoms with van der Waals surface area (Å²) in [6.45, 7) is 20.3. The van der Waals surface area contributed by atoms with Crippen molar-refractivity contribution in [2.24, 2.45) is 0 Å². The first-order valence-electron chi connectivity index (χ1n) is 10.7. The summed E-state index contributed by atoms with van der Waals surface area (Å²) >= 11 is 0. The van der Waals surface area contributed by atoms with Crippen LogP contribution in [-0.4, -0.2) is 9.97 Å². The minimum atomic E-state index is 0.0915. The van der Waals surface area contributed by atoms with Crippen LogP contribution in [0, 0.1) is 6.92 Å². The van der Waals surface area contributed by atoms with Crippen molar-refractivity contribution >= 4 is 5.82 Å². The van der Waals surface area contributed by atoms with Crippen molar-refractivity contribution in [2.45, 2.75) is 98.3 Å². The maximum Gasteiger partial charge on any atom is 0.123 e. The molecule has 0 aliphatic rings. The van der Waals surface area contributed by atoms with Crippen LogP contribution in [0.4, 0.5) is 5.82 Å². The molecular weight excluding hydrogens is 342 g/mol. The van der Waals surface area contributed by atoms with Gasteiger partial charge in [0.05, 0.1) is 0 Å². The molecule has 0 aliphatic carbocycles. The van der Waals surface area contributed by atoms with Crippen LogP contribution < -0.4 is 5.73 Å². The van der Waals surface area contributed by atoms with E-state index in [-0.39, 0.29) is 5.41 Å². The van der Waals surface area contributed by atoms with Crippen molar-refractivity contribution in [1.29, 1.82) is 0 Å². The Labute approximate surface area is 172 Å². The lowest BCUT2D eigenvalue weighted by molar-refractivity contribution is 0.555. The van der Waals surface area contributed by atoms with Crippen LogP contribution >= 0.6 is 0 Å². The van der Waals surface area contributed by atoms with Gasteiger partial charge in [-0.2, -0.15) is 0 Å². The van der Waals surface area contributed by atoms with Crippen molar-refractivity contribution in [3.63, 3.8) is 0 Å². The third-order valence-electron chi connectivity index (χ3n) is 5.56. The number of nitrogens with two attached hydrogens (primary N) is 1. The largest absolute Gasteiger partial charge is 0.384 e. The fourth-order valence-corrected chi connectivity index (χ4v) is 4.36. The van der Waals surface area contributed by atoms with Crippen LogP contribution in [-0.2, 0) is 11.8 Å². The Morgan fingerprint density at radius 1 is 1.00 bits per heavy atom. The first-order valence-corrected chi connectivity index (χ1v) is 10.7. The Hall–Kier alpha value is -1.90. The smallest absolute Gasteiger partial charge is 0.123 e. The van der Waals surface area contributed by atoms with Gasteiger partial charge in [0.15, 0.2) is 0 Å². The molecule has 3 nitrogen and oxygen atoms in total. The average molecular weight is 382 g/mol. The number of hydrogen-bond donors (Lipinski definition) is 1. The Balaban J connectivity index is 2.37. The second kappa shape index (κ2) is 8.63. The van der Waals surface area contributed by atoms with Gasteiger partial charge in [-0.3, -0.25) is 4.98 Å². The van der Waals surface area contributed by atoms with Gasteiger partial charge in [-0.15, -0.1) is 0 Å². The highest BCUT2D eigenvalue weighted by molar-refractivity contribution is 5.44. The van der Waals surface area contributed by atoms with Crippen molar-refractivity contribution in [3.05, 3.63) is 52.0 Å². The molecule has 2 aromatic rings. The molecule has 0 saturated heterocycles. The molecule has 2 N–H and O–H groups in total. The van der Waals surface area contributed by atoms with E-state index in [1.54, 1.807) is 0 Å². The van der Waals surface area contributed by atoms with Crippen LogP contribution in [0.3, 0.4) is 0 Å². The van der Waals surface area contributed by atoms with Crippen molar-refractivity contribution in [2.75, 3.05) is 5.73 Å². The molecule has 0 bridgehead atoms. The molecule has 0 spiro atoms.